The highest BCUT2D eigenvalue weighted by atomic mass is 32.1. The number of methoxy groups -OCH3 is 1. The molecule has 1 unspecified atom stereocenters. The Morgan fingerprint density at radius 1 is 1.22 bits per heavy atom. The average molecular weight is 331 g/mol. The number of rotatable bonds is 5. The lowest BCUT2D eigenvalue weighted by molar-refractivity contribution is -0.139. The minimum Gasteiger partial charge on any atom is -0.497 e. The first-order chi connectivity index (χ1) is 11.1. The third-order valence-corrected chi connectivity index (χ3v) is 3.88. The van der Waals surface area contributed by atoms with Crippen molar-refractivity contribution in [2.24, 2.45) is 5.10 Å². The van der Waals surface area contributed by atoms with Crippen molar-refractivity contribution < 1.29 is 14.3 Å². The summed E-state index contributed by atoms with van der Waals surface area (Å²) in [4.78, 5) is 24.4. The van der Waals surface area contributed by atoms with Crippen LogP contribution in [0.2, 0.25) is 0 Å². The molecule has 1 aromatic heterocycles. The molecule has 0 saturated heterocycles. The van der Waals surface area contributed by atoms with E-state index in [-0.39, 0.29) is 6.04 Å². The van der Waals surface area contributed by atoms with Crippen molar-refractivity contribution in [3.63, 3.8) is 0 Å². The summed E-state index contributed by atoms with van der Waals surface area (Å²) < 4.78 is 5.08. The van der Waals surface area contributed by atoms with Crippen LogP contribution in [0.1, 0.15) is 23.4 Å². The van der Waals surface area contributed by atoms with Crippen molar-refractivity contribution in [2.45, 2.75) is 13.0 Å². The molecule has 0 bridgehead atoms. The number of hydrazone groups is 1. The fraction of sp³-hybridized carbons (Fsp3) is 0.188. The molecule has 7 heteroatoms. The van der Waals surface area contributed by atoms with Crippen LogP contribution < -0.4 is 15.5 Å². The van der Waals surface area contributed by atoms with Gasteiger partial charge in [-0.1, -0.05) is 18.2 Å². The van der Waals surface area contributed by atoms with Crippen molar-refractivity contribution in [3.8, 4) is 5.75 Å². The molecule has 1 aromatic carbocycles. The molecule has 23 heavy (non-hydrogen) atoms. The van der Waals surface area contributed by atoms with E-state index in [0.717, 1.165) is 16.2 Å². The second-order valence-corrected chi connectivity index (χ2v) is 5.66. The Morgan fingerprint density at radius 2 is 1.96 bits per heavy atom. The maximum absolute atomic E-state index is 11.8. The molecular formula is C16H17N3O3S. The van der Waals surface area contributed by atoms with Gasteiger partial charge in [0.15, 0.2) is 0 Å². The van der Waals surface area contributed by atoms with E-state index in [1.165, 1.54) is 17.6 Å². The summed E-state index contributed by atoms with van der Waals surface area (Å²) in [5, 5.41) is 8.26. The van der Waals surface area contributed by atoms with Gasteiger partial charge in [0.1, 0.15) is 5.75 Å². The van der Waals surface area contributed by atoms with E-state index in [2.05, 4.69) is 15.8 Å². The predicted octanol–water partition coefficient (Wildman–Crippen LogP) is 2.08. The van der Waals surface area contributed by atoms with Gasteiger partial charge in [0.25, 0.3) is 0 Å². The quantitative estimate of drug-likeness (QED) is 0.500. The number of hydrogen-bond donors (Lipinski definition) is 2. The highest BCUT2D eigenvalue weighted by Gasteiger charge is 2.16. The largest absolute Gasteiger partial charge is 0.497 e. The van der Waals surface area contributed by atoms with Gasteiger partial charge >= 0.3 is 11.8 Å². The number of hydrogen-bond acceptors (Lipinski definition) is 5. The Labute approximate surface area is 138 Å². The molecule has 120 valence electrons. The van der Waals surface area contributed by atoms with Crippen molar-refractivity contribution in [1.82, 2.24) is 10.7 Å². The number of amides is 2. The van der Waals surface area contributed by atoms with E-state index in [4.69, 9.17) is 4.74 Å². The van der Waals surface area contributed by atoms with Gasteiger partial charge in [0.05, 0.1) is 19.4 Å². The van der Waals surface area contributed by atoms with Gasteiger partial charge in [-0.2, -0.15) is 5.10 Å². The number of thiophene rings is 1. The van der Waals surface area contributed by atoms with Crippen molar-refractivity contribution >= 4 is 29.4 Å². The first-order valence-electron chi connectivity index (χ1n) is 6.91. The predicted molar refractivity (Wildman–Crippen MR) is 89.6 cm³/mol. The molecule has 0 aliphatic carbocycles. The molecule has 0 saturated carbocycles. The summed E-state index contributed by atoms with van der Waals surface area (Å²) in [5.41, 5.74) is 3.07. The van der Waals surface area contributed by atoms with Crippen LogP contribution in [0.15, 0.2) is 46.9 Å². The molecule has 2 N–H and O–H groups in total. The Hall–Kier alpha value is -2.67. The number of carbonyl (C=O) groups is 2. The number of ether oxygens (including phenoxy) is 1. The van der Waals surface area contributed by atoms with E-state index in [0.29, 0.717) is 0 Å². The van der Waals surface area contributed by atoms with Crippen LogP contribution in [0.5, 0.6) is 5.75 Å². The lowest BCUT2D eigenvalue weighted by atomic mass is 10.1. The molecule has 0 aliphatic rings. The smallest absolute Gasteiger partial charge is 0.329 e. The van der Waals surface area contributed by atoms with Gasteiger partial charge in [-0.15, -0.1) is 11.3 Å². The van der Waals surface area contributed by atoms with E-state index >= 15 is 0 Å². The summed E-state index contributed by atoms with van der Waals surface area (Å²) in [6, 6.07) is 10.7. The van der Waals surface area contributed by atoms with Crippen LogP contribution >= 0.6 is 11.3 Å². The van der Waals surface area contributed by atoms with Gasteiger partial charge < -0.3 is 10.1 Å². The van der Waals surface area contributed by atoms with Crippen LogP contribution in [0.25, 0.3) is 0 Å². The van der Waals surface area contributed by atoms with Crippen LogP contribution in [0.3, 0.4) is 0 Å². The van der Waals surface area contributed by atoms with Crippen molar-refractivity contribution in [1.29, 1.82) is 0 Å². The second kappa shape index (κ2) is 8.09. The first kappa shape index (κ1) is 16.7. The zero-order chi connectivity index (χ0) is 16.7. The molecule has 0 radical (unpaired) electrons. The van der Waals surface area contributed by atoms with Crippen molar-refractivity contribution in [3.05, 3.63) is 52.2 Å². The zero-order valence-electron chi connectivity index (χ0n) is 12.8. The normalized spacial score (nSPS) is 11.9. The number of nitrogens with zero attached hydrogens (tertiary/aromatic N) is 1. The maximum Gasteiger partial charge on any atom is 0.329 e. The molecular weight excluding hydrogens is 314 g/mol. The Morgan fingerprint density at radius 3 is 2.57 bits per heavy atom. The zero-order valence-corrected chi connectivity index (χ0v) is 13.6. The van der Waals surface area contributed by atoms with Crippen molar-refractivity contribution in [2.75, 3.05) is 7.11 Å². The molecule has 6 nitrogen and oxygen atoms in total. The topological polar surface area (TPSA) is 79.8 Å². The third-order valence-electron chi connectivity index (χ3n) is 3.07. The Bertz CT molecular complexity index is 681. The third kappa shape index (κ3) is 4.93. The average Bonchev–Trinajstić information content (AvgIpc) is 3.08. The van der Waals surface area contributed by atoms with Crippen LogP contribution in [0.4, 0.5) is 0 Å². The standard InChI is InChI=1S/C16H17N3O3S/c1-11(12-5-7-13(22-2)8-6-12)18-15(20)16(21)19-17-10-14-4-3-9-23-14/h3-11H,1-2H3,(H,18,20)(H,19,21). The highest BCUT2D eigenvalue weighted by molar-refractivity contribution is 7.11. The van der Waals surface area contributed by atoms with Gasteiger partial charge in [0.2, 0.25) is 0 Å². The van der Waals surface area contributed by atoms with Gasteiger partial charge in [-0.25, -0.2) is 5.43 Å². The highest BCUT2D eigenvalue weighted by Crippen LogP contribution is 2.17. The summed E-state index contributed by atoms with van der Waals surface area (Å²) in [6.45, 7) is 1.79. The van der Waals surface area contributed by atoms with Gasteiger partial charge in [0, 0.05) is 4.88 Å². The van der Waals surface area contributed by atoms with E-state index in [1.807, 2.05) is 29.6 Å². The first-order valence-corrected chi connectivity index (χ1v) is 7.79. The molecule has 2 rings (SSSR count). The molecule has 0 aliphatic heterocycles. The molecule has 0 spiro atoms. The fourth-order valence-electron chi connectivity index (χ4n) is 1.81. The second-order valence-electron chi connectivity index (χ2n) is 4.68. The summed E-state index contributed by atoms with van der Waals surface area (Å²) in [5.74, 6) is -0.817. The number of nitrogens with one attached hydrogen (secondary N) is 2. The molecule has 2 aromatic rings. The Kier molecular flexibility index (Phi) is 5.87. The number of carbonyl (C=O) groups excluding carboxylic acids is 2. The van der Waals surface area contributed by atoms with Crippen LogP contribution in [-0.4, -0.2) is 25.1 Å². The number of benzene rings is 1. The maximum atomic E-state index is 11.8. The molecule has 0 fully saturated rings. The SMILES string of the molecule is COc1ccc(C(C)NC(=O)C(=O)NN=Cc2cccs2)cc1. The van der Waals surface area contributed by atoms with Crippen LogP contribution in [-0.2, 0) is 9.59 Å². The monoisotopic (exact) mass is 331 g/mol. The van der Waals surface area contributed by atoms with Gasteiger partial charge in [-0.05, 0) is 36.1 Å². The van der Waals surface area contributed by atoms with E-state index in [1.54, 1.807) is 26.2 Å². The van der Waals surface area contributed by atoms with E-state index < -0.39 is 11.8 Å². The summed E-state index contributed by atoms with van der Waals surface area (Å²) in [7, 11) is 1.58. The summed E-state index contributed by atoms with van der Waals surface area (Å²) in [6.07, 6.45) is 1.49. The molecule has 1 heterocycles. The lowest BCUT2D eigenvalue weighted by Crippen LogP contribution is -2.39. The lowest BCUT2D eigenvalue weighted by Gasteiger charge is -2.13. The fourth-order valence-corrected chi connectivity index (χ4v) is 2.39. The molecule has 2 amide bonds. The van der Waals surface area contributed by atoms with Gasteiger partial charge in [-0.3, -0.25) is 9.59 Å². The Balaban J connectivity index is 1.85. The van der Waals surface area contributed by atoms with E-state index in [9.17, 15) is 9.59 Å². The minimum absolute atomic E-state index is 0.305. The molecule has 1 atom stereocenters. The summed E-state index contributed by atoms with van der Waals surface area (Å²) >= 11 is 1.48. The van der Waals surface area contributed by atoms with Crippen LogP contribution in [0, 0.1) is 0 Å². The minimum atomic E-state index is -0.807.